The molecule has 92 valence electrons. The lowest BCUT2D eigenvalue weighted by Crippen LogP contribution is -2.27. The third-order valence-corrected chi connectivity index (χ3v) is 3.58. The summed E-state index contributed by atoms with van der Waals surface area (Å²) in [7, 11) is 0. The Kier molecular flexibility index (Phi) is 3.04. The maximum atomic E-state index is 9.18. The fourth-order valence-electron chi connectivity index (χ4n) is 2.42. The summed E-state index contributed by atoms with van der Waals surface area (Å²) in [4.78, 5) is 2.48. The molecule has 0 spiro atoms. The van der Waals surface area contributed by atoms with Gasteiger partial charge in [0.2, 0.25) is 0 Å². The maximum absolute atomic E-state index is 9.18. The summed E-state index contributed by atoms with van der Waals surface area (Å²) in [5.41, 5.74) is 2.19. The van der Waals surface area contributed by atoms with E-state index in [1.807, 2.05) is 12.1 Å². The highest BCUT2D eigenvalue weighted by atomic mass is 16.5. The van der Waals surface area contributed by atoms with Crippen molar-refractivity contribution in [2.75, 3.05) is 19.7 Å². The van der Waals surface area contributed by atoms with Crippen LogP contribution in [0.15, 0.2) is 18.2 Å². The molecule has 3 rings (SSSR count). The van der Waals surface area contributed by atoms with Crippen molar-refractivity contribution >= 4 is 0 Å². The third kappa shape index (κ3) is 2.61. The van der Waals surface area contributed by atoms with Crippen molar-refractivity contribution in [3.05, 3.63) is 29.3 Å². The van der Waals surface area contributed by atoms with Crippen LogP contribution in [-0.2, 0) is 13.2 Å². The van der Waals surface area contributed by atoms with E-state index in [4.69, 9.17) is 4.74 Å². The third-order valence-electron chi connectivity index (χ3n) is 3.58. The number of benzene rings is 1. The monoisotopic (exact) mass is 233 g/mol. The molecule has 0 saturated heterocycles. The Morgan fingerprint density at radius 1 is 1.35 bits per heavy atom. The molecule has 1 aromatic rings. The second-order valence-corrected chi connectivity index (χ2v) is 5.13. The highest BCUT2D eigenvalue weighted by Crippen LogP contribution is 2.31. The van der Waals surface area contributed by atoms with Gasteiger partial charge in [-0.1, -0.05) is 6.07 Å². The zero-order chi connectivity index (χ0) is 11.7. The second kappa shape index (κ2) is 4.67. The Bertz CT molecular complexity index is 401. The van der Waals surface area contributed by atoms with Gasteiger partial charge < -0.3 is 9.84 Å². The largest absolute Gasteiger partial charge is 0.492 e. The van der Waals surface area contributed by atoms with Gasteiger partial charge in [-0.2, -0.15) is 0 Å². The van der Waals surface area contributed by atoms with Crippen LogP contribution in [0.4, 0.5) is 0 Å². The van der Waals surface area contributed by atoms with Crippen molar-refractivity contribution in [2.24, 2.45) is 5.92 Å². The van der Waals surface area contributed by atoms with Crippen LogP contribution in [0, 0.1) is 5.92 Å². The summed E-state index contributed by atoms with van der Waals surface area (Å²) in [5, 5.41) is 9.18. The molecule has 17 heavy (non-hydrogen) atoms. The number of aliphatic hydroxyl groups is 1. The zero-order valence-electron chi connectivity index (χ0n) is 10.1. The predicted molar refractivity (Wildman–Crippen MR) is 65.9 cm³/mol. The standard InChI is InChI=1S/C14H19NO2/c16-10-12-3-4-14-13(7-12)9-15(5-6-17-14)8-11-1-2-11/h3-4,7,11,16H,1-2,5-6,8-10H2. The number of nitrogens with zero attached hydrogens (tertiary/aromatic N) is 1. The van der Waals surface area contributed by atoms with Gasteiger partial charge in [-0.05, 0) is 36.5 Å². The Morgan fingerprint density at radius 2 is 2.24 bits per heavy atom. The van der Waals surface area contributed by atoms with Gasteiger partial charge in [0.25, 0.3) is 0 Å². The summed E-state index contributed by atoms with van der Waals surface area (Å²) >= 11 is 0. The number of rotatable bonds is 3. The van der Waals surface area contributed by atoms with E-state index in [1.54, 1.807) is 0 Å². The van der Waals surface area contributed by atoms with Crippen LogP contribution >= 0.6 is 0 Å². The van der Waals surface area contributed by atoms with Crippen molar-refractivity contribution in [3.8, 4) is 5.75 Å². The van der Waals surface area contributed by atoms with Crippen LogP contribution in [0.25, 0.3) is 0 Å². The van der Waals surface area contributed by atoms with Gasteiger partial charge in [-0.3, -0.25) is 4.90 Å². The molecule has 2 aliphatic rings. The van der Waals surface area contributed by atoms with Crippen molar-refractivity contribution in [3.63, 3.8) is 0 Å². The molecular weight excluding hydrogens is 214 g/mol. The van der Waals surface area contributed by atoms with E-state index in [2.05, 4.69) is 11.0 Å². The smallest absolute Gasteiger partial charge is 0.123 e. The van der Waals surface area contributed by atoms with Crippen LogP contribution < -0.4 is 4.74 Å². The Morgan fingerprint density at radius 3 is 3.00 bits per heavy atom. The Balaban J connectivity index is 1.78. The molecule has 1 aromatic carbocycles. The first kappa shape index (κ1) is 11.1. The molecule has 0 amide bonds. The summed E-state index contributed by atoms with van der Waals surface area (Å²) in [6.07, 6.45) is 2.78. The molecule has 1 saturated carbocycles. The highest BCUT2D eigenvalue weighted by molar-refractivity contribution is 5.37. The van der Waals surface area contributed by atoms with Crippen molar-refractivity contribution in [1.82, 2.24) is 4.90 Å². The molecule has 0 bridgehead atoms. The number of hydrogen-bond donors (Lipinski definition) is 1. The maximum Gasteiger partial charge on any atom is 0.123 e. The molecule has 1 fully saturated rings. The zero-order valence-corrected chi connectivity index (χ0v) is 10.1. The van der Waals surface area contributed by atoms with Gasteiger partial charge in [0.05, 0.1) is 6.61 Å². The summed E-state index contributed by atoms with van der Waals surface area (Å²) in [5.74, 6) is 1.90. The molecular formula is C14H19NO2. The van der Waals surface area contributed by atoms with Crippen LogP contribution in [0.3, 0.4) is 0 Å². The summed E-state index contributed by atoms with van der Waals surface area (Å²) in [6, 6.07) is 6.00. The average molecular weight is 233 g/mol. The summed E-state index contributed by atoms with van der Waals surface area (Å²) < 4.78 is 5.76. The molecule has 0 aromatic heterocycles. The molecule has 0 radical (unpaired) electrons. The SMILES string of the molecule is OCc1ccc2c(c1)CN(CC1CC1)CCO2. The first-order valence-electron chi connectivity index (χ1n) is 6.43. The van der Waals surface area contributed by atoms with Gasteiger partial charge in [-0.25, -0.2) is 0 Å². The first-order chi connectivity index (χ1) is 8.35. The molecule has 1 heterocycles. The number of ether oxygens (including phenoxy) is 1. The quantitative estimate of drug-likeness (QED) is 0.864. The lowest BCUT2D eigenvalue weighted by molar-refractivity contribution is 0.219. The molecule has 0 unspecified atom stereocenters. The highest BCUT2D eigenvalue weighted by Gasteiger charge is 2.25. The minimum Gasteiger partial charge on any atom is -0.492 e. The number of fused-ring (bicyclic) bond motifs is 1. The predicted octanol–water partition coefficient (Wildman–Crippen LogP) is 1.78. The molecule has 1 aliphatic carbocycles. The van der Waals surface area contributed by atoms with E-state index in [0.29, 0.717) is 0 Å². The van der Waals surface area contributed by atoms with Crippen LogP contribution in [0.2, 0.25) is 0 Å². The van der Waals surface area contributed by atoms with Crippen molar-refractivity contribution < 1.29 is 9.84 Å². The van der Waals surface area contributed by atoms with Crippen molar-refractivity contribution in [1.29, 1.82) is 0 Å². The first-order valence-corrected chi connectivity index (χ1v) is 6.43. The van der Waals surface area contributed by atoms with E-state index in [9.17, 15) is 5.11 Å². The topological polar surface area (TPSA) is 32.7 Å². The van der Waals surface area contributed by atoms with E-state index in [-0.39, 0.29) is 6.61 Å². The molecule has 1 N–H and O–H groups in total. The van der Waals surface area contributed by atoms with Crippen molar-refractivity contribution in [2.45, 2.75) is 26.0 Å². The second-order valence-electron chi connectivity index (χ2n) is 5.13. The van der Waals surface area contributed by atoms with Gasteiger partial charge in [0, 0.05) is 25.2 Å². The minimum atomic E-state index is 0.107. The molecule has 0 atom stereocenters. The number of hydrogen-bond acceptors (Lipinski definition) is 3. The van der Waals surface area contributed by atoms with E-state index in [1.165, 1.54) is 24.9 Å². The lowest BCUT2D eigenvalue weighted by Gasteiger charge is -2.18. The van der Waals surface area contributed by atoms with Gasteiger partial charge in [-0.15, -0.1) is 0 Å². The Labute approximate surface area is 102 Å². The van der Waals surface area contributed by atoms with Gasteiger partial charge >= 0.3 is 0 Å². The normalized spacial score (nSPS) is 20.5. The van der Waals surface area contributed by atoms with E-state index >= 15 is 0 Å². The lowest BCUT2D eigenvalue weighted by atomic mass is 10.1. The van der Waals surface area contributed by atoms with E-state index < -0.39 is 0 Å². The molecule has 3 heteroatoms. The minimum absolute atomic E-state index is 0.107. The van der Waals surface area contributed by atoms with Crippen LogP contribution in [-0.4, -0.2) is 29.7 Å². The fourth-order valence-corrected chi connectivity index (χ4v) is 2.42. The van der Waals surface area contributed by atoms with Gasteiger partial charge in [0.15, 0.2) is 0 Å². The fraction of sp³-hybridized carbons (Fsp3) is 0.571. The van der Waals surface area contributed by atoms with Gasteiger partial charge in [0.1, 0.15) is 12.4 Å². The Hall–Kier alpha value is -1.06. The van der Waals surface area contributed by atoms with Crippen LogP contribution in [0.1, 0.15) is 24.0 Å². The number of aliphatic hydroxyl groups excluding tert-OH is 1. The molecule has 3 nitrogen and oxygen atoms in total. The summed E-state index contributed by atoms with van der Waals surface area (Å²) in [6.45, 7) is 4.06. The average Bonchev–Trinajstić information content (AvgIpc) is 3.15. The van der Waals surface area contributed by atoms with Crippen LogP contribution in [0.5, 0.6) is 5.75 Å². The van der Waals surface area contributed by atoms with E-state index in [0.717, 1.165) is 36.9 Å². The molecule has 1 aliphatic heterocycles.